The Labute approximate surface area is 88.2 Å². The number of rotatable bonds is 2. The zero-order chi connectivity index (χ0) is 10.2. The lowest BCUT2D eigenvalue weighted by molar-refractivity contribution is 1.01. The molecular formula is C10H9N3S. The van der Waals surface area contributed by atoms with E-state index in [4.69, 9.17) is 5.53 Å². The molecule has 4 heteroatoms. The van der Waals surface area contributed by atoms with Gasteiger partial charge in [0.25, 0.3) is 0 Å². The number of azide groups is 1. The van der Waals surface area contributed by atoms with Crippen LogP contribution in [-0.2, 0) is 0 Å². The van der Waals surface area contributed by atoms with Crippen LogP contribution in [0.25, 0.3) is 10.4 Å². The molecule has 14 heavy (non-hydrogen) atoms. The molecule has 0 spiro atoms. The summed E-state index contributed by atoms with van der Waals surface area (Å²) < 4.78 is 0. The first-order chi connectivity index (χ1) is 6.83. The lowest BCUT2D eigenvalue weighted by Crippen LogP contribution is -1.75. The second-order valence-corrected chi connectivity index (χ2v) is 3.07. The van der Waals surface area contributed by atoms with E-state index in [1.807, 2.05) is 24.3 Å². The minimum absolute atomic E-state index is 0.425. The Bertz CT molecular complexity index is 394. The Morgan fingerprint density at radius 3 is 2.71 bits per heavy atom. The predicted molar refractivity (Wildman–Crippen MR) is 59.2 cm³/mol. The van der Waals surface area contributed by atoms with Crippen molar-refractivity contribution in [1.29, 1.82) is 0 Å². The van der Waals surface area contributed by atoms with Crippen molar-refractivity contribution < 1.29 is 0 Å². The molecule has 0 saturated carbocycles. The third-order valence-electron chi connectivity index (χ3n) is 1.50. The van der Waals surface area contributed by atoms with Gasteiger partial charge in [0.1, 0.15) is 0 Å². The van der Waals surface area contributed by atoms with Gasteiger partial charge >= 0.3 is 0 Å². The van der Waals surface area contributed by atoms with Crippen LogP contribution in [0.15, 0.2) is 34.3 Å². The van der Waals surface area contributed by atoms with Crippen molar-refractivity contribution in [2.45, 2.75) is 11.3 Å². The van der Waals surface area contributed by atoms with Gasteiger partial charge in [0, 0.05) is 28.3 Å². The summed E-state index contributed by atoms with van der Waals surface area (Å²) >= 11 is 4.17. The number of benzene rings is 1. The zero-order valence-corrected chi connectivity index (χ0v) is 8.41. The molecule has 1 aromatic carbocycles. The summed E-state index contributed by atoms with van der Waals surface area (Å²) in [7, 11) is 0. The van der Waals surface area contributed by atoms with Gasteiger partial charge in [-0.05, 0) is 29.8 Å². The number of hydrogen-bond acceptors (Lipinski definition) is 2. The van der Waals surface area contributed by atoms with Crippen molar-refractivity contribution in [3.63, 3.8) is 0 Å². The van der Waals surface area contributed by atoms with Crippen LogP contribution in [0.3, 0.4) is 0 Å². The second-order valence-electron chi connectivity index (χ2n) is 2.55. The highest BCUT2D eigenvalue weighted by molar-refractivity contribution is 7.80. The fraction of sp³-hybridized carbons (Fsp3) is 0.200. The molecule has 0 heterocycles. The molecule has 0 amide bonds. The number of thiol groups is 1. The molecule has 1 aromatic rings. The van der Waals surface area contributed by atoms with E-state index in [9.17, 15) is 0 Å². The summed E-state index contributed by atoms with van der Waals surface area (Å²) in [5.74, 6) is 5.88. The second kappa shape index (κ2) is 5.98. The van der Waals surface area contributed by atoms with E-state index in [-0.39, 0.29) is 0 Å². The third-order valence-corrected chi connectivity index (χ3v) is 1.80. The Morgan fingerprint density at radius 1 is 1.36 bits per heavy atom. The molecule has 0 radical (unpaired) electrons. The lowest BCUT2D eigenvalue weighted by atomic mass is 10.2. The maximum Gasteiger partial charge on any atom is 0.0367 e. The molecule has 3 nitrogen and oxygen atoms in total. The van der Waals surface area contributed by atoms with Crippen molar-refractivity contribution in [3.05, 3.63) is 40.3 Å². The van der Waals surface area contributed by atoms with E-state index in [1.165, 1.54) is 0 Å². The maximum absolute atomic E-state index is 8.01. The molecule has 0 aliphatic heterocycles. The highest BCUT2D eigenvalue weighted by Crippen LogP contribution is 2.06. The molecule has 1 rings (SSSR count). The summed E-state index contributed by atoms with van der Waals surface area (Å²) in [6.07, 6.45) is 0.590. The van der Waals surface area contributed by atoms with Gasteiger partial charge in [-0.3, -0.25) is 0 Å². The molecule has 0 atom stereocenters. The summed E-state index contributed by atoms with van der Waals surface area (Å²) in [5.41, 5.74) is 8.96. The maximum atomic E-state index is 8.01. The Kier molecular flexibility index (Phi) is 4.49. The summed E-state index contributed by atoms with van der Waals surface area (Å²) in [6, 6.07) is 7.59. The van der Waals surface area contributed by atoms with Crippen molar-refractivity contribution in [2.24, 2.45) is 5.11 Å². The minimum Gasteiger partial charge on any atom is -0.143 e. The first-order valence-electron chi connectivity index (χ1n) is 4.11. The van der Waals surface area contributed by atoms with Gasteiger partial charge in [-0.2, -0.15) is 0 Å². The number of nitrogens with zero attached hydrogens (tertiary/aromatic N) is 3. The van der Waals surface area contributed by atoms with Crippen molar-refractivity contribution in [2.75, 3.05) is 6.54 Å². The Morgan fingerprint density at radius 2 is 2.07 bits per heavy atom. The van der Waals surface area contributed by atoms with Crippen LogP contribution >= 0.6 is 12.6 Å². The fourth-order valence-electron chi connectivity index (χ4n) is 0.860. The van der Waals surface area contributed by atoms with Gasteiger partial charge in [-0.25, -0.2) is 0 Å². The van der Waals surface area contributed by atoms with E-state index in [0.717, 1.165) is 10.5 Å². The van der Waals surface area contributed by atoms with E-state index in [2.05, 4.69) is 34.5 Å². The summed E-state index contributed by atoms with van der Waals surface area (Å²) in [4.78, 5) is 3.56. The van der Waals surface area contributed by atoms with Crippen LogP contribution in [-0.4, -0.2) is 6.54 Å². The van der Waals surface area contributed by atoms with Crippen LogP contribution in [0, 0.1) is 11.8 Å². The topological polar surface area (TPSA) is 48.8 Å². The van der Waals surface area contributed by atoms with Gasteiger partial charge in [-0.15, -0.1) is 12.6 Å². The SMILES string of the molecule is [N-]=[N+]=NCCC#Cc1ccc(S)cc1. The molecule has 70 valence electrons. The molecular weight excluding hydrogens is 194 g/mol. The quantitative estimate of drug-likeness (QED) is 0.192. The average molecular weight is 203 g/mol. The number of hydrogen-bond donors (Lipinski definition) is 1. The monoisotopic (exact) mass is 203 g/mol. The van der Waals surface area contributed by atoms with Crippen molar-refractivity contribution >= 4 is 12.6 Å². The molecule has 0 aromatic heterocycles. The normalized spacial score (nSPS) is 8.36. The highest BCUT2D eigenvalue weighted by atomic mass is 32.1. The van der Waals surface area contributed by atoms with Gasteiger partial charge in [-0.1, -0.05) is 17.0 Å². The molecule has 0 unspecified atom stereocenters. The van der Waals surface area contributed by atoms with Crippen LogP contribution in [0.1, 0.15) is 12.0 Å². The smallest absolute Gasteiger partial charge is 0.0367 e. The summed E-state index contributed by atoms with van der Waals surface area (Å²) in [5, 5.41) is 3.38. The van der Waals surface area contributed by atoms with Gasteiger partial charge in [0.2, 0.25) is 0 Å². The van der Waals surface area contributed by atoms with Gasteiger partial charge < -0.3 is 0 Å². The molecule has 0 N–H and O–H groups in total. The minimum atomic E-state index is 0.425. The molecule has 0 fully saturated rings. The Hall–Kier alpha value is -1.56. The molecule has 0 aliphatic carbocycles. The van der Waals surface area contributed by atoms with Crippen molar-refractivity contribution in [3.8, 4) is 11.8 Å². The molecule has 0 saturated heterocycles. The van der Waals surface area contributed by atoms with E-state index < -0.39 is 0 Å². The van der Waals surface area contributed by atoms with Crippen LogP contribution < -0.4 is 0 Å². The van der Waals surface area contributed by atoms with E-state index in [0.29, 0.717) is 13.0 Å². The van der Waals surface area contributed by atoms with Crippen LogP contribution in [0.5, 0.6) is 0 Å². The lowest BCUT2D eigenvalue weighted by Gasteiger charge is -1.90. The van der Waals surface area contributed by atoms with Crippen LogP contribution in [0.2, 0.25) is 0 Å². The van der Waals surface area contributed by atoms with E-state index >= 15 is 0 Å². The standard InChI is InChI=1S/C10H9N3S/c11-13-12-8-2-1-3-9-4-6-10(14)7-5-9/h4-7,14H,2,8H2. The zero-order valence-electron chi connectivity index (χ0n) is 7.51. The Balaban J connectivity index is 2.51. The fourth-order valence-corrected chi connectivity index (χ4v) is 1.01. The largest absolute Gasteiger partial charge is 0.143 e. The van der Waals surface area contributed by atoms with Crippen molar-refractivity contribution in [1.82, 2.24) is 0 Å². The average Bonchev–Trinajstić information content (AvgIpc) is 2.21. The highest BCUT2D eigenvalue weighted by Gasteiger charge is 1.85. The van der Waals surface area contributed by atoms with Crippen LogP contribution in [0.4, 0.5) is 0 Å². The third kappa shape index (κ3) is 3.90. The predicted octanol–water partition coefficient (Wildman–Crippen LogP) is 3.03. The van der Waals surface area contributed by atoms with Gasteiger partial charge in [0.15, 0.2) is 0 Å². The first-order valence-corrected chi connectivity index (χ1v) is 4.56. The van der Waals surface area contributed by atoms with Gasteiger partial charge in [0.05, 0.1) is 0 Å². The molecule has 0 bridgehead atoms. The first kappa shape index (κ1) is 10.5. The van der Waals surface area contributed by atoms with E-state index in [1.54, 1.807) is 0 Å². The molecule has 0 aliphatic rings. The summed E-state index contributed by atoms with van der Waals surface area (Å²) in [6.45, 7) is 0.425.